The summed E-state index contributed by atoms with van der Waals surface area (Å²) < 4.78 is 5.13. The van der Waals surface area contributed by atoms with Crippen LogP contribution in [0.1, 0.15) is 6.92 Å². The molecule has 66 valence electrons. The molecule has 0 atom stereocenters. The fraction of sp³-hybridized carbons (Fsp3) is 0.750. The second kappa shape index (κ2) is 9.95. The minimum atomic E-state index is 0.590. The summed E-state index contributed by atoms with van der Waals surface area (Å²) in [5.74, 6) is 0.590. The van der Waals surface area contributed by atoms with Crippen LogP contribution >= 0.6 is 11.6 Å². The highest BCUT2D eigenvalue weighted by Crippen LogP contribution is 1.76. The standard InChI is InChI=1S/C8H16ClNO/c1-2-11-8-7-10-6-4-3-5-9/h3-4,10H,2,5-8H2,1H3/b4-3+. The van der Waals surface area contributed by atoms with Gasteiger partial charge in [-0.1, -0.05) is 12.2 Å². The van der Waals surface area contributed by atoms with Crippen molar-refractivity contribution in [2.75, 3.05) is 32.2 Å². The summed E-state index contributed by atoms with van der Waals surface area (Å²) in [6.45, 7) is 5.35. The Kier molecular flexibility index (Phi) is 9.90. The van der Waals surface area contributed by atoms with E-state index in [1.807, 2.05) is 19.1 Å². The van der Waals surface area contributed by atoms with Crippen LogP contribution < -0.4 is 5.32 Å². The third-order valence-electron chi connectivity index (χ3n) is 1.15. The smallest absolute Gasteiger partial charge is 0.0590 e. The highest BCUT2D eigenvalue weighted by Gasteiger charge is 1.82. The lowest BCUT2D eigenvalue weighted by Gasteiger charge is -2.00. The molecule has 0 fully saturated rings. The van der Waals surface area contributed by atoms with E-state index >= 15 is 0 Å². The van der Waals surface area contributed by atoms with Crippen molar-refractivity contribution >= 4 is 11.6 Å². The summed E-state index contributed by atoms with van der Waals surface area (Å²) in [5.41, 5.74) is 0. The molecule has 0 spiro atoms. The molecule has 0 amide bonds. The first-order valence-corrected chi connectivity index (χ1v) is 4.44. The van der Waals surface area contributed by atoms with Gasteiger partial charge in [-0.3, -0.25) is 0 Å². The molecule has 0 aliphatic heterocycles. The highest BCUT2D eigenvalue weighted by atomic mass is 35.5. The Morgan fingerprint density at radius 1 is 1.45 bits per heavy atom. The number of nitrogens with one attached hydrogen (secondary N) is 1. The molecule has 0 bridgehead atoms. The van der Waals surface area contributed by atoms with Gasteiger partial charge in [0.2, 0.25) is 0 Å². The van der Waals surface area contributed by atoms with Gasteiger partial charge in [-0.05, 0) is 6.92 Å². The summed E-state index contributed by atoms with van der Waals surface area (Å²) in [4.78, 5) is 0. The van der Waals surface area contributed by atoms with Gasteiger partial charge < -0.3 is 10.1 Å². The Morgan fingerprint density at radius 2 is 2.27 bits per heavy atom. The molecule has 0 unspecified atom stereocenters. The van der Waals surface area contributed by atoms with Crippen molar-refractivity contribution in [3.05, 3.63) is 12.2 Å². The molecule has 0 heterocycles. The first-order chi connectivity index (χ1) is 5.41. The van der Waals surface area contributed by atoms with Crippen LogP contribution in [0.5, 0.6) is 0 Å². The number of alkyl halides is 1. The average molecular weight is 178 g/mol. The molecule has 1 N–H and O–H groups in total. The lowest BCUT2D eigenvalue weighted by Crippen LogP contribution is -2.19. The van der Waals surface area contributed by atoms with Crippen LogP contribution in [0.3, 0.4) is 0 Å². The maximum absolute atomic E-state index is 5.42. The molecule has 0 rings (SSSR count). The topological polar surface area (TPSA) is 21.3 Å². The minimum absolute atomic E-state index is 0.590. The summed E-state index contributed by atoms with van der Waals surface area (Å²) in [5, 5.41) is 3.18. The van der Waals surface area contributed by atoms with Gasteiger partial charge >= 0.3 is 0 Å². The molecule has 2 nitrogen and oxygen atoms in total. The fourth-order valence-electron chi connectivity index (χ4n) is 0.620. The van der Waals surface area contributed by atoms with E-state index in [1.54, 1.807) is 0 Å². The zero-order chi connectivity index (χ0) is 8.36. The number of halogens is 1. The van der Waals surface area contributed by atoms with Crippen LogP contribution in [0.15, 0.2) is 12.2 Å². The predicted octanol–water partition coefficient (Wildman–Crippen LogP) is 1.41. The summed E-state index contributed by atoms with van der Waals surface area (Å²) in [6, 6.07) is 0. The lowest BCUT2D eigenvalue weighted by molar-refractivity contribution is 0.150. The van der Waals surface area contributed by atoms with Gasteiger partial charge in [0.1, 0.15) is 0 Å². The Balaban J connectivity index is 2.85. The summed E-state index contributed by atoms with van der Waals surface area (Å²) in [6.07, 6.45) is 3.94. The van der Waals surface area contributed by atoms with Crippen LogP contribution in [0.4, 0.5) is 0 Å². The van der Waals surface area contributed by atoms with E-state index in [-0.39, 0.29) is 0 Å². The SMILES string of the molecule is CCOCCNC/C=C/CCl. The quantitative estimate of drug-likeness (QED) is 0.361. The third-order valence-corrected chi connectivity index (χ3v) is 1.32. The predicted molar refractivity (Wildman–Crippen MR) is 49.2 cm³/mol. The molecular formula is C8H16ClNO. The number of allylic oxidation sites excluding steroid dienone is 1. The van der Waals surface area contributed by atoms with Crippen LogP contribution in [0, 0.1) is 0 Å². The second-order valence-corrected chi connectivity index (χ2v) is 2.34. The van der Waals surface area contributed by atoms with Gasteiger partial charge in [0.25, 0.3) is 0 Å². The average Bonchev–Trinajstić information content (AvgIpc) is 2.03. The molecule has 0 aromatic heterocycles. The molecule has 0 saturated heterocycles. The number of ether oxygens (including phenoxy) is 1. The molecular weight excluding hydrogens is 162 g/mol. The van der Waals surface area contributed by atoms with Crippen LogP contribution in [-0.4, -0.2) is 32.2 Å². The Morgan fingerprint density at radius 3 is 2.91 bits per heavy atom. The summed E-state index contributed by atoms with van der Waals surface area (Å²) >= 11 is 5.42. The molecule has 11 heavy (non-hydrogen) atoms. The normalized spacial score (nSPS) is 11.1. The Bertz CT molecular complexity index is 96.1. The largest absolute Gasteiger partial charge is 0.380 e. The minimum Gasteiger partial charge on any atom is -0.380 e. The molecule has 0 radical (unpaired) electrons. The van der Waals surface area contributed by atoms with Crippen molar-refractivity contribution in [2.24, 2.45) is 0 Å². The number of rotatable bonds is 7. The van der Waals surface area contributed by atoms with Crippen LogP contribution in [-0.2, 0) is 4.74 Å². The monoisotopic (exact) mass is 177 g/mol. The fourth-order valence-corrected chi connectivity index (χ4v) is 0.746. The van der Waals surface area contributed by atoms with E-state index in [9.17, 15) is 0 Å². The summed E-state index contributed by atoms with van der Waals surface area (Å²) in [7, 11) is 0. The maximum atomic E-state index is 5.42. The molecule has 0 aliphatic carbocycles. The van der Waals surface area contributed by atoms with E-state index in [1.165, 1.54) is 0 Å². The van der Waals surface area contributed by atoms with Crippen LogP contribution in [0.25, 0.3) is 0 Å². The molecule has 0 aliphatic rings. The highest BCUT2D eigenvalue weighted by molar-refractivity contribution is 6.18. The number of hydrogen-bond acceptors (Lipinski definition) is 2. The van der Waals surface area contributed by atoms with E-state index in [4.69, 9.17) is 16.3 Å². The van der Waals surface area contributed by atoms with E-state index in [0.717, 1.165) is 26.3 Å². The van der Waals surface area contributed by atoms with Gasteiger partial charge in [0.15, 0.2) is 0 Å². The molecule has 3 heteroatoms. The van der Waals surface area contributed by atoms with Crippen LogP contribution in [0.2, 0.25) is 0 Å². The molecule has 0 saturated carbocycles. The lowest BCUT2D eigenvalue weighted by atomic mass is 10.5. The third kappa shape index (κ3) is 9.95. The maximum Gasteiger partial charge on any atom is 0.0590 e. The Hall–Kier alpha value is -0.0500. The molecule has 0 aromatic carbocycles. The van der Waals surface area contributed by atoms with Gasteiger partial charge in [-0.15, -0.1) is 11.6 Å². The van der Waals surface area contributed by atoms with Crippen molar-refractivity contribution in [1.82, 2.24) is 5.32 Å². The van der Waals surface area contributed by atoms with Gasteiger partial charge in [0, 0.05) is 25.6 Å². The van der Waals surface area contributed by atoms with E-state index < -0.39 is 0 Å². The zero-order valence-electron chi connectivity index (χ0n) is 6.98. The first kappa shape index (κ1) is 11.0. The van der Waals surface area contributed by atoms with E-state index in [2.05, 4.69) is 5.32 Å². The van der Waals surface area contributed by atoms with Gasteiger partial charge in [-0.2, -0.15) is 0 Å². The number of hydrogen-bond donors (Lipinski definition) is 1. The van der Waals surface area contributed by atoms with Gasteiger partial charge in [0.05, 0.1) is 6.61 Å². The Labute approximate surface area is 73.6 Å². The first-order valence-electron chi connectivity index (χ1n) is 3.91. The second-order valence-electron chi connectivity index (χ2n) is 2.03. The van der Waals surface area contributed by atoms with E-state index in [0.29, 0.717) is 5.88 Å². The molecule has 0 aromatic rings. The van der Waals surface area contributed by atoms with Crippen molar-refractivity contribution in [2.45, 2.75) is 6.92 Å². The van der Waals surface area contributed by atoms with Crippen molar-refractivity contribution < 1.29 is 4.74 Å². The van der Waals surface area contributed by atoms with Crippen molar-refractivity contribution in [3.63, 3.8) is 0 Å². The zero-order valence-corrected chi connectivity index (χ0v) is 7.73. The van der Waals surface area contributed by atoms with Crippen molar-refractivity contribution in [3.8, 4) is 0 Å². The van der Waals surface area contributed by atoms with Crippen molar-refractivity contribution in [1.29, 1.82) is 0 Å². The van der Waals surface area contributed by atoms with Gasteiger partial charge in [-0.25, -0.2) is 0 Å².